The monoisotopic (exact) mass is 318 g/mol. The lowest BCUT2D eigenvalue weighted by Gasteiger charge is -2.37. The van der Waals surface area contributed by atoms with E-state index in [0.29, 0.717) is 26.5 Å². The maximum atomic E-state index is 13.2. The number of anilines is 1. The molecule has 0 bridgehead atoms. The van der Waals surface area contributed by atoms with E-state index >= 15 is 0 Å². The number of benzene rings is 1. The van der Waals surface area contributed by atoms with Crippen LogP contribution in [0.15, 0.2) is 24.3 Å². The number of para-hydroxylation sites is 1. The van der Waals surface area contributed by atoms with Crippen molar-refractivity contribution in [3.63, 3.8) is 0 Å². The molecule has 23 heavy (non-hydrogen) atoms. The number of hydrogen-bond acceptors (Lipinski definition) is 5. The number of carbonyl (C=O) groups is 1. The van der Waals surface area contributed by atoms with Crippen LogP contribution >= 0.6 is 0 Å². The number of ether oxygens (including phenoxy) is 3. The van der Waals surface area contributed by atoms with Gasteiger partial charge >= 0.3 is 0 Å². The van der Waals surface area contributed by atoms with Crippen molar-refractivity contribution in [1.29, 1.82) is 0 Å². The van der Waals surface area contributed by atoms with E-state index in [-0.39, 0.29) is 12.0 Å². The van der Waals surface area contributed by atoms with Gasteiger partial charge in [0.15, 0.2) is 0 Å². The molecule has 6 nitrogen and oxygen atoms in total. The van der Waals surface area contributed by atoms with Gasteiger partial charge in [0, 0.05) is 18.7 Å². The summed E-state index contributed by atoms with van der Waals surface area (Å²) < 4.78 is 17.3. The Balaban J connectivity index is 1.67. The largest absolute Gasteiger partial charge is 0.379 e. The fourth-order valence-electron chi connectivity index (χ4n) is 3.47. The molecule has 1 aromatic rings. The fraction of sp³-hybridized carbons (Fsp3) is 0.588. The van der Waals surface area contributed by atoms with Gasteiger partial charge in [-0.15, -0.1) is 0 Å². The molecule has 0 saturated carbocycles. The number of nitrogens with zero attached hydrogens (tertiary/aromatic N) is 2. The summed E-state index contributed by atoms with van der Waals surface area (Å²) in [5.41, 5.74) is 1.71. The Labute approximate surface area is 135 Å². The first kappa shape index (κ1) is 15.1. The van der Waals surface area contributed by atoms with Gasteiger partial charge in [0.1, 0.15) is 0 Å². The topological polar surface area (TPSA) is 51.2 Å². The summed E-state index contributed by atoms with van der Waals surface area (Å²) in [7, 11) is 0. The molecule has 6 heteroatoms. The predicted octanol–water partition coefficient (Wildman–Crippen LogP) is 1.30. The number of morpholine rings is 1. The molecule has 3 aliphatic heterocycles. The highest BCUT2D eigenvalue weighted by Gasteiger charge is 2.56. The Morgan fingerprint density at radius 3 is 2.78 bits per heavy atom. The SMILES string of the molecule is CC1CCOC2(O1)C(=O)N(CN1CCOCC1)c1ccccc12. The summed E-state index contributed by atoms with van der Waals surface area (Å²) in [6, 6.07) is 7.78. The van der Waals surface area contributed by atoms with Gasteiger partial charge in [-0.3, -0.25) is 14.6 Å². The van der Waals surface area contributed by atoms with E-state index < -0.39 is 5.79 Å². The number of rotatable bonds is 2. The molecule has 124 valence electrons. The van der Waals surface area contributed by atoms with Crippen LogP contribution in [0.2, 0.25) is 0 Å². The summed E-state index contributed by atoms with van der Waals surface area (Å²) in [6.07, 6.45) is 0.810. The maximum Gasteiger partial charge on any atom is 0.293 e. The number of amides is 1. The molecule has 2 saturated heterocycles. The lowest BCUT2D eigenvalue weighted by atomic mass is 10.1. The third kappa shape index (κ3) is 2.46. The van der Waals surface area contributed by atoms with Crippen molar-refractivity contribution in [2.24, 2.45) is 0 Å². The molecular formula is C17H22N2O4. The second kappa shape index (κ2) is 5.87. The summed E-state index contributed by atoms with van der Waals surface area (Å²) in [6.45, 7) is 6.14. The van der Waals surface area contributed by atoms with Gasteiger partial charge in [-0.1, -0.05) is 18.2 Å². The molecule has 2 fully saturated rings. The molecule has 0 aliphatic carbocycles. The van der Waals surface area contributed by atoms with Crippen LogP contribution in [0.1, 0.15) is 18.9 Å². The maximum absolute atomic E-state index is 13.2. The summed E-state index contributed by atoms with van der Waals surface area (Å²) in [4.78, 5) is 17.2. The summed E-state index contributed by atoms with van der Waals surface area (Å²) >= 11 is 0. The highest BCUT2D eigenvalue weighted by molar-refractivity contribution is 6.06. The van der Waals surface area contributed by atoms with Crippen molar-refractivity contribution >= 4 is 11.6 Å². The van der Waals surface area contributed by atoms with Crippen LogP contribution in [0.25, 0.3) is 0 Å². The van der Waals surface area contributed by atoms with E-state index in [4.69, 9.17) is 14.2 Å². The zero-order valence-corrected chi connectivity index (χ0v) is 13.4. The molecular weight excluding hydrogens is 296 g/mol. The van der Waals surface area contributed by atoms with Crippen molar-refractivity contribution in [3.8, 4) is 0 Å². The van der Waals surface area contributed by atoms with Crippen LogP contribution in [-0.2, 0) is 24.8 Å². The Bertz CT molecular complexity index is 602. The lowest BCUT2D eigenvalue weighted by molar-refractivity contribution is -0.277. The zero-order valence-electron chi connectivity index (χ0n) is 13.4. The second-order valence-electron chi connectivity index (χ2n) is 6.30. The third-order valence-electron chi connectivity index (χ3n) is 4.72. The van der Waals surface area contributed by atoms with Gasteiger partial charge in [-0.2, -0.15) is 0 Å². The van der Waals surface area contributed by atoms with Gasteiger partial charge in [0.05, 0.1) is 38.3 Å². The van der Waals surface area contributed by atoms with Crippen LogP contribution in [0.3, 0.4) is 0 Å². The molecule has 0 N–H and O–H groups in total. The highest BCUT2D eigenvalue weighted by Crippen LogP contribution is 2.46. The smallest absolute Gasteiger partial charge is 0.293 e. The van der Waals surface area contributed by atoms with Crippen LogP contribution < -0.4 is 4.90 Å². The molecule has 1 amide bonds. The molecule has 3 aliphatic rings. The van der Waals surface area contributed by atoms with E-state index in [1.807, 2.05) is 31.2 Å². The molecule has 1 spiro atoms. The van der Waals surface area contributed by atoms with Gasteiger partial charge in [0.25, 0.3) is 11.7 Å². The molecule has 0 aromatic heterocycles. The minimum absolute atomic E-state index is 0.00379. The molecule has 4 rings (SSSR count). The second-order valence-corrected chi connectivity index (χ2v) is 6.30. The molecule has 1 aromatic carbocycles. The van der Waals surface area contributed by atoms with Crippen molar-refractivity contribution in [2.75, 3.05) is 44.5 Å². The zero-order chi connectivity index (χ0) is 15.9. The van der Waals surface area contributed by atoms with E-state index in [9.17, 15) is 4.79 Å². The Kier molecular flexibility index (Phi) is 3.85. The van der Waals surface area contributed by atoms with Crippen molar-refractivity contribution < 1.29 is 19.0 Å². The minimum Gasteiger partial charge on any atom is -0.379 e. The summed E-state index contributed by atoms with van der Waals surface area (Å²) in [5.74, 6) is -1.38. The van der Waals surface area contributed by atoms with E-state index in [0.717, 1.165) is 30.8 Å². The summed E-state index contributed by atoms with van der Waals surface area (Å²) in [5, 5.41) is 0. The Hall–Kier alpha value is -1.47. The van der Waals surface area contributed by atoms with Gasteiger partial charge in [-0.05, 0) is 19.4 Å². The van der Waals surface area contributed by atoms with E-state index in [2.05, 4.69) is 4.90 Å². The molecule has 2 unspecified atom stereocenters. The van der Waals surface area contributed by atoms with Crippen molar-refractivity contribution in [1.82, 2.24) is 4.90 Å². The predicted molar refractivity (Wildman–Crippen MR) is 84.0 cm³/mol. The molecule has 0 radical (unpaired) electrons. The van der Waals surface area contributed by atoms with Crippen molar-refractivity contribution in [3.05, 3.63) is 29.8 Å². The van der Waals surface area contributed by atoms with Gasteiger partial charge in [-0.25, -0.2) is 0 Å². The first-order valence-electron chi connectivity index (χ1n) is 8.24. The van der Waals surface area contributed by atoms with Crippen LogP contribution in [-0.4, -0.2) is 56.5 Å². The van der Waals surface area contributed by atoms with Gasteiger partial charge in [0.2, 0.25) is 0 Å². The first-order valence-corrected chi connectivity index (χ1v) is 8.24. The fourth-order valence-corrected chi connectivity index (χ4v) is 3.47. The molecule has 2 atom stereocenters. The Morgan fingerprint density at radius 2 is 2.00 bits per heavy atom. The van der Waals surface area contributed by atoms with Gasteiger partial charge < -0.3 is 14.2 Å². The van der Waals surface area contributed by atoms with Crippen LogP contribution in [0.4, 0.5) is 5.69 Å². The quantitative estimate of drug-likeness (QED) is 0.823. The standard InChI is InChI=1S/C17H22N2O4/c1-13-6-9-22-17(23-13)14-4-2-3-5-15(14)19(16(17)20)12-18-7-10-21-11-8-18/h2-5,13H,6-12H2,1H3. The average molecular weight is 318 g/mol. The number of fused-ring (bicyclic) bond motifs is 2. The minimum atomic E-state index is -1.26. The highest BCUT2D eigenvalue weighted by atomic mass is 16.7. The van der Waals surface area contributed by atoms with Crippen LogP contribution in [0, 0.1) is 0 Å². The van der Waals surface area contributed by atoms with E-state index in [1.165, 1.54) is 0 Å². The third-order valence-corrected chi connectivity index (χ3v) is 4.72. The Morgan fingerprint density at radius 1 is 1.22 bits per heavy atom. The average Bonchev–Trinajstić information content (AvgIpc) is 2.79. The lowest BCUT2D eigenvalue weighted by Crippen LogP contribution is -2.52. The van der Waals surface area contributed by atoms with Crippen LogP contribution in [0.5, 0.6) is 0 Å². The van der Waals surface area contributed by atoms with Crippen molar-refractivity contribution in [2.45, 2.75) is 25.2 Å². The van der Waals surface area contributed by atoms with E-state index in [1.54, 1.807) is 4.90 Å². The molecule has 3 heterocycles. The number of carbonyl (C=O) groups excluding carboxylic acids is 1. The first-order chi connectivity index (χ1) is 11.2. The number of hydrogen-bond donors (Lipinski definition) is 0. The normalized spacial score (nSPS) is 31.6.